The van der Waals surface area contributed by atoms with Crippen LogP contribution in [0, 0.1) is 0 Å². The molecule has 3 aliphatic heterocycles. The monoisotopic (exact) mass is 595 g/mol. The summed E-state index contributed by atoms with van der Waals surface area (Å²) in [5.41, 5.74) is 6.10. The van der Waals surface area contributed by atoms with Gasteiger partial charge in [0.05, 0.1) is 19.8 Å². The third-order valence-electron chi connectivity index (χ3n) is 7.20. The van der Waals surface area contributed by atoms with Crippen LogP contribution < -0.4 is 10.5 Å². The minimum atomic E-state index is -1.92. The Bertz CT molecular complexity index is 952. The highest BCUT2D eigenvalue weighted by atomic mass is 16.8. The van der Waals surface area contributed by atoms with Crippen LogP contribution in [0.25, 0.3) is 0 Å². The van der Waals surface area contributed by atoms with Crippen molar-refractivity contribution in [3.8, 4) is 5.75 Å². The number of rotatable bonds is 9. The molecule has 234 valence electrons. The van der Waals surface area contributed by atoms with Crippen molar-refractivity contribution in [2.45, 2.75) is 92.1 Å². The minimum Gasteiger partial charge on any atom is -0.462 e. The van der Waals surface area contributed by atoms with Crippen LogP contribution in [0.4, 0.5) is 5.69 Å². The lowest BCUT2D eigenvalue weighted by molar-refractivity contribution is -0.376. The maximum Gasteiger partial charge on any atom is 0.229 e. The Morgan fingerprint density at radius 1 is 0.537 bits per heavy atom. The second-order valence-electron chi connectivity index (χ2n) is 10.00. The first-order valence-corrected chi connectivity index (χ1v) is 12.9. The van der Waals surface area contributed by atoms with Gasteiger partial charge in [0.1, 0.15) is 79.0 Å². The van der Waals surface area contributed by atoms with Crippen LogP contribution in [0.15, 0.2) is 24.3 Å². The van der Waals surface area contributed by atoms with E-state index in [1.54, 1.807) is 0 Å². The van der Waals surface area contributed by atoms with E-state index < -0.39 is 112 Å². The Kier molecular flexibility index (Phi) is 10.7. The van der Waals surface area contributed by atoms with Crippen LogP contribution in [0.2, 0.25) is 0 Å². The highest BCUT2D eigenvalue weighted by molar-refractivity contribution is 5.41. The normalized spacial score (nSPS) is 45.4. The quantitative estimate of drug-likeness (QED) is 0.118. The molecule has 0 saturated carbocycles. The predicted octanol–water partition coefficient (Wildman–Crippen LogP) is -5.90. The second-order valence-corrected chi connectivity index (χ2v) is 10.00. The maximum absolute atomic E-state index is 10.8. The average Bonchev–Trinajstić information content (AvgIpc) is 2.97. The van der Waals surface area contributed by atoms with Crippen molar-refractivity contribution in [3.63, 3.8) is 0 Å². The van der Waals surface area contributed by atoms with Gasteiger partial charge in [-0.15, -0.1) is 0 Å². The molecule has 0 aromatic heterocycles. The number of nitrogens with two attached hydrogens (primary N) is 1. The van der Waals surface area contributed by atoms with Crippen LogP contribution >= 0.6 is 0 Å². The summed E-state index contributed by atoms with van der Waals surface area (Å²) in [5, 5.41) is 102. The number of anilines is 1. The van der Waals surface area contributed by atoms with Crippen molar-refractivity contribution in [1.82, 2.24) is 0 Å². The van der Waals surface area contributed by atoms with Crippen LogP contribution in [0.1, 0.15) is 0 Å². The number of ether oxygens (including phenoxy) is 6. The van der Waals surface area contributed by atoms with Gasteiger partial charge in [0.15, 0.2) is 12.6 Å². The number of aliphatic hydroxyl groups is 10. The summed E-state index contributed by atoms with van der Waals surface area (Å²) in [6.07, 6.45) is -24.6. The molecule has 17 nitrogen and oxygen atoms in total. The van der Waals surface area contributed by atoms with E-state index in [0.717, 1.165) is 0 Å². The summed E-state index contributed by atoms with van der Waals surface area (Å²) in [4.78, 5) is 0. The van der Waals surface area contributed by atoms with Gasteiger partial charge in [-0.25, -0.2) is 0 Å². The summed E-state index contributed by atoms with van der Waals surface area (Å²) in [6.45, 7) is -2.29. The van der Waals surface area contributed by atoms with Crippen molar-refractivity contribution in [1.29, 1.82) is 0 Å². The molecule has 0 aliphatic carbocycles. The number of hydrogen-bond donors (Lipinski definition) is 11. The molecule has 0 radical (unpaired) electrons. The van der Waals surface area contributed by atoms with Gasteiger partial charge in [-0.3, -0.25) is 0 Å². The lowest BCUT2D eigenvalue weighted by Crippen LogP contribution is -2.66. The SMILES string of the molecule is Nc1ccc(O[C@@H]2O[C@H](CO)[C@@H](O[C@@H]3O[C@H](CO)[C@H](O[C@H]4O[C@H](CO)[C@H](O)[C@H](O)[C@H]4O)[C@H](O)[C@H]3O)[C@H](O)[C@H]2O)cc1. The molecule has 17 heteroatoms. The molecule has 15 atom stereocenters. The van der Waals surface area contributed by atoms with E-state index >= 15 is 0 Å². The van der Waals surface area contributed by atoms with E-state index in [1.165, 1.54) is 24.3 Å². The van der Waals surface area contributed by atoms with Crippen molar-refractivity contribution in [2.75, 3.05) is 25.6 Å². The van der Waals surface area contributed by atoms with Crippen molar-refractivity contribution < 1.29 is 79.5 Å². The molecular weight excluding hydrogens is 558 g/mol. The Labute approximate surface area is 233 Å². The third-order valence-corrected chi connectivity index (χ3v) is 7.20. The van der Waals surface area contributed by atoms with Crippen LogP contribution in [-0.4, -0.2) is 163 Å². The number of aliphatic hydroxyl groups excluding tert-OH is 10. The second kappa shape index (κ2) is 13.7. The summed E-state index contributed by atoms with van der Waals surface area (Å²) in [5.74, 6) is 0.247. The van der Waals surface area contributed by atoms with Gasteiger partial charge in [-0.2, -0.15) is 0 Å². The van der Waals surface area contributed by atoms with Gasteiger partial charge >= 0.3 is 0 Å². The van der Waals surface area contributed by atoms with Gasteiger partial charge in [0.25, 0.3) is 0 Å². The molecule has 0 amide bonds. The van der Waals surface area contributed by atoms with Gasteiger partial charge in [-0.05, 0) is 24.3 Å². The first-order valence-electron chi connectivity index (χ1n) is 12.9. The fourth-order valence-corrected chi connectivity index (χ4v) is 4.82. The number of hydrogen-bond acceptors (Lipinski definition) is 17. The van der Waals surface area contributed by atoms with E-state index in [9.17, 15) is 51.1 Å². The zero-order chi connectivity index (χ0) is 30.0. The van der Waals surface area contributed by atoms with E-state index in [0.29, 0.717) is 5.69 Å². The zero-order valence-corrected chi connectivity index (χ0v) is 21.6. The van der Waals surface area contributed by atoms with E-state index in [2.05, 4.69) is 0 Å². The summed E-state index contributed by atoms with van der Waals surface area (Å²) in [7, 11) is 0. The maximum atomic E-state index is 10.8. The van der Waals surface area contributed by atoms with Crippen LogP contribution in [0.5, 0.6) is 5.75 Å². The van der Waals surface area contributed by atoms with Gasteiger partial charge < -0.3 is 85.2 Å². The molecule has 3 heterocycles. The third kappa shape index (κ3) is 6.74. The summed E-state index contributed by atoms with van der Waals surface area (Å²) in [6, 6.07) is 6.07. The molecule has 4 rings (SSSR count). The number of nitrogen functional groups attached to an aromatic ring is 1. The molecule has 12 N–H and O–H groups in total. The Hall–Kier alpha value is -1.78. The molecule has 0 spiro atoms. The highest BCUT2D eigenvalue weighted by Crippen LogP contribution is 2.33. The molecule has 0 bridgehead atoms. The van der Waals surface area contributed by atoms with E-state index in [-0.39, 0.29) is 5.75 Å². The van der Waals surface area contributed by atoms with E-state index in [1.807, 2.05) is 0 Å². The average molecular weight is 596 g/mol. The Balaban J connectivity index is 1.43. The van der Waals surface area contributed by atoms with Crippen LogP contribution in [0.3, 0.4) is 0 Å². The number of benzene rings is 1. The first kappa shape index (κ1) is 32.1. The fourth-order valence-electron chi connectivity index (χ4n) is 4.82. The van der Waals surface area contributed by atoms with Gasteiger partial charge in [0, 0.05) is 5.69 Å². The minimum absolute atomic E-state index is 0.247. The molecular formula is C24H37NO16. The van der Waals surface area contributed by atoms with E-state index in [4.69, 9.17) is 34.2 Å². The van der Waals surface area contributed by atoms with Crippen molar-refractivity contribution in [3.05, 3.63) is 24.3 Å². The molecule has 1 aromatic carbocycles. The molecule has 0 unspecified atom stereocenters. The molecule has 1 aromatic rings. The smallest absolute Gasteiger partial charge is 0.229 e. The van der Waals surface area contributed by atoms with Crippen LogP contribution in [-0.2, 0) is 23.7 Å². The molecule has 3 saturated heterocycles. The molecule has 41 heavy (non-hydrogen) atoms. The van der Waals surface area contributed by atoms with Gasteiger partial charge in [0.2, 0.25) is 6.29 Å². The lowest BCUT2D eigenvalue weighted by atomic mass is 9.96. The predicted molar refractivity (Wildman–Crippen MR) is 131 cm³/mol. The summed E-state index contributed by atoms with van der Waals surface area (Å²) >= 11 is 0. The highest BCUT2D eigenvalue weighted by Gasteiger charge is 2.53. The van der Waals surface area contributed by atoms with Crippen molar-refractivity contribution >= 4 is 5.69 Å². The molecule has 3 fully saturated rings. The first-order chi connectivity index (χ1) is 19.5. The molecule has 3 aliphatic rings. The van der Waals surface area contributed by atoms with Gasteiger partial charge in [-0.1, -0.05) is 0 Å². The fraction of sp³-hybridized carbons (Fsp3) is 0.750. The summed E-state index contributed by atoms with van der Waals surface area (Å²) < 4.78 is 33.0. The zero-order valence-electron chi connectivity index (χ0n) is 21.6. The largest absolute Gasteiger partial charge is 0.462 e. The standard InChI is InChI=1S/C24H37NO16/c25-8-1-3-9(4-2-8)36-22-18(34)15(31)20(11(6-27)38-22)41-24-19(35)16(32)21(12(7-28)39-24)40-23-17(33)14(30)13(29)10(5-26)37-23/h1-4,10-24,26-35H,5-7,25H2/t10-,11-,12-,13+,14+,15-,16-,17-,18-,19-,20-,21+,22-,23-,24+/m1/s1. The van der Waals surface area contributed by atoms with Crippen molar-refractivity contribution in [2.24, 2.45) is 0 Å². The topological polar surface area (TPSA) is 284 Å². The Morgan fingerprint density at radius 2 is 0.951 bits per heavy atom. The lowest BCUT2D eigenvalue weighted by Gasteiger charge is -2.48. The Morgan fingerprint density at radius 3 is 1.44 bits per heavy atom.